The number of rotatable bonds is 8. The minimum absolute atomic E-state index is 0.0357. The van der Waals surface area contributed by atoms with Gasteiger partial charge in [-0.25, -0.2) is 0 Å². The number of benzene rings is 3. The van der Waals surface area contributed by atoms with Crippen molar-refractivity contribution >= 4 is 28.5 Å². The van der Waals surface area contributed by atoms with Crippen LogP contribution in [-0.4, -0.2) is 29.6 Å². The van der Waals surface area contributed by atoms with E-state index in [2.05, 4.69) is 86.7 Å². The fraction of sp³-hybridized carbons (Fsp3) is 0.179. The van der Waals surface area contributed by atoms with Crippen LogP contribution >= 0.6 is 6.04 Å². The van der Waals surface area contributed by atoms with Crippen LogP contribution in [-0.2, 0) is 11.8 Å². The summed E-state index contributed by atoms with van der Waals surface area (Å²) in [4.78, 5) is 2.21. The quantitative estimate of drug-likeness (QED) is 0.486. The summed E-state index contributed by atoms with van der Waals surface area (Å²) in [6, 6.07) is 28.7. The third kappa shape index (κ3) is 4.77. The highest BCUT2D eigenvalue weighted by molar-refractivity contribution is 8.23. The van der Waals surface area contributed by atoms with Gasteiger partial charge in [0.1, 0.15) is 0 Å². The van der Waals surface area contributed by atoms with Gasteiger partial charge in [-0.3, -0.25) is 0 Å². The Labute approximate surface area is 198 Å². The van der Waals surface area contributed by atoms with E-state index in [1.807, 2.05) is 42.5 Å². The summed E-state index contributed by atoms with van der Waals surface area (Å²) in [5, 5.41) is 13.3. The molecule has 1 aliphatic rings. The Kier molecular flexibility index (Phi) is 7.63. The van der Waals surface area contributed by atoms with Gasteiger partial charge in [0.15, 0.2) is 0 Å². The molecule has 0 amide bonds. The first kappa shape index (κ1) is 23.4. The number of likely N-dealkylation sites (N-methyl/N-ethyl adjacent to an activating group) is 1. The molecule has 1 saturated carbocycles. The van der Waals surface area contributed by atoms with Crippen molar-refractivity contribution in [3.63, 3.8) is 0 Å². The van der Waals surface area contributed by atoms with Gasteiger partial charge in [-0.2, -0.15) is 0 Å². The standard InChI is InChI=1S/C28H29NOPS/c1-22(28(30)23-13-6-3-7-14-23)29(2)21-24-15-12-20-27(24)31(32,25-16-8-4-9-17-25)26-18-10-5-11-19-26/h3-20,22,28,30H,21H2,1-2H3. The average molecular weight is 459 g/mol. The van der Waals surface area contributed by atoms with Gasteiger partial charge in [-0.05, 0) is 49.4 Å². The third-order valence-corrected chi connectivity index (χ3v) is 11.2. The van der Waals surface area contributed by atoms with Crippen LogP contribution in [0.4, 0.5) is 0 Å². The van der Waals surface area contributed by atoms with Gasteiger partial charge in [0.25, 0.3) is 0 Å². The van der Waals surface area contributed by atoms with Crippen molar-refractivity contribution in [1.29, 1.82) is 0 Å². The molecule has 1 fully saturated rings. The summed E-state index contributed by atoms with van der Waals surface area (Å²) >= 11 is 6.53. The van der Waals surface area contributed by atoms with Crippen LogP contribution in [0.25, 0.3) is 0 Å². The molecular weight excluding hydrogens is 429 g/mol. The maximum Gasteiger partial charge on any atom is 0.0942 e. The van der Waals surface area contributed by atoms with Crippen molar-refractivity contribution in [1.82, 2.24) is 4.90 Å². The molecule has 163 valence electrons. The first-order chi connectivity index (χ1) is 15.5. The Morgan fingerprint density at radius 2 is 1.31 bits per heavy atom. The Hall–Kier alpha value is -1.77. The Morgan fingerprint density at radius 3 is 1.84 bits per heavy atom. The molecule has 0 saturated heterocycles. The predicted molar refractivity (Wildman–Crippen MR) is 139 cm³/mol. The molecule has 0 aliphatic heterocycles. The van der Waals surface area contributed by atoms with Crippen LogP contribution in [0, 0.1) is 30.8 Å². The fourth-order valence-corrected chi connectivity index (χ4v) is 8.32. The molecule has 1 N–H and O–H groups in total. The van der Waals surface area contributed by atoms with Gasteiger partial charge >= 0.3 is 0 Å². The van der Waals surface area contributed by atoms with E-state index < -0.39 is 12.1 Å². The molecule has 5 radical (unpaired) electrons. The molecule has 2 atom stereocenters. The van der Waals surface area contributed by atoms with E-state index in [1.54, 1.807) is 0 Å². The van der Waals surface area contributed by atoms with Gasteiger partial charge in [0, 0.05) is 30.2 Å². The smallest absolute Gasteiger partial charge is 0.0942 e. The van der Waals surface area contributed by atoms with E-state index in [0.717, 1.165) is 12.1 Å². The number of hydrogen-bond donors (Lipinski definition) is 1. The van der Waals surface area contributed by atoms with Crippen molar-refractivity contribution in [2.75, 3.05) is 13.6 Å². The van der Waals surface area contributed by atoms with Gasteiger partial charge < -0.3 is 10.0 Å². The molecular formula is C28H29NOPS. The first-order valence-electron chi connectivity index (χ1n) is 10.9. The molecule has 0 heterocycles. The molecule has 32 heavy (non-hydrogen) atoms. The SMILES string of the molecule is CC(C(O)c1ccccc1)N(C)C[C]1[CH][CH][CH][C]1P(=S)(c1ccccc1)c1ccccc1. The third-order valence-electron chi connectivity index (χ3n) is 6.17. The molecule has 3 aromatic rings. The van der Waals surface area contributed by atoms with Gasteiger partial charge in [-0.15, -0.1) is 0 Å². The molecule has 3 aromatic carbocycles. The lowest BCUT2D eigenvalue weighted by Gasteiger charge is -2.36. The lowest BCUT2D eigenvalue weighted by atomic mass is 10.0. The minimum Gasteiger partial charge on any atom is -0.387 e. The summed E-state index contributed by atoms with van der Waals surface area (Å²) in [6.07, 6.45) is 5.94. The summed E-state index contributed by atoms with van der Waals surface area (Å²) < 4.78 is 0. The second-order valence-corrected chi connectivity index (χ2v) is 12.6. The van der Waals surface area contributed by atoms with Crippen LogP contribution in [0.15, 0.2) is 91.0 Å². The Morgan fingerprint density at radius 1 is 0.812 bits per heavy atom. The second kappa shape index (κ2) is 10.4. The number of aliphatic hydroxyl groups excluding tert-OH is 1. The molecule has 1 aliphatic carbocycles. The summed E-state index contributed by atoms with van der Waals surface area (Å²) in [7, 11) is 2.07. The minimum atomic E-state index is -2.19. The molecule has 0 spiro atoms. The average Bonchev–Trinajstić information content (AvgIpc) is 3.32. The summed E-state index contributed by atoms with van der Waals surface area (Å²) in [6.45, 7) is 2.80. The Bertz CT molecular complexity index is 984. The zero-order valence-electron chi connectivity index (χ0n) is 18.5. The molecule has 0 bridgehead atoms. The highest BCUT2D eigenvalue weighted by Crippen LogP contribution is 2.62. The molecule has 4 heteroatoms. The largest absolute Gasteiger partial charge is 0.387 e. The molecule has 2 unspecified atom stereocenters. The van der Waals surface area contributed by atoms with Crippen molar-refractivity contribution in [3.05, 3.63) is 127 Å². The predicted octanol–water partition coefficient (Wildman–Crippen LogP) is 4.90. The van der Waals surface area contributed by atoms with Crippen molar-refractivity contribution < 1.29 is 5.11 Å². The fourth-order valence-electron chi connectivity index (χ4n) is 4.17. The van der Waals surface area contributed by atoms with Crippen LogP contribution < -0.4 is 10.6 Å². The van der Waals surface area contributed by atoms with E-state index in [1.165, 1.54) is 22.2 Å². The molecule has 2 nitrogen and oxygen atoms in total. The maximum absolute atomic E-state index is 10.9. The topological polar surface area (TPSA) is 23.5 Å². The van der Waals surface area contributed by atoms with Crippen LogP contribution in [0.5, 0.6) is 0 Å². The lowest BCUT2D eigenvalue weighted by molar-refractivity contribution is 0.0757. The highest BCUT2D eigenvalue weighted by atomic mass is 32.4. The maximum atomic E-state index is 10.9. The molecule has 0 aromatic heterocycles. The van der Waals surface area contributed by atoms with E-state index in [-0.39, 0.29) is 6.04 Å². The van der Waals surface area contributed by atoms with Crippen molar-refractivity contribution in [3.8, 4) is 0 Å². The number of nitrogens with zero attached hydrogens (tertiary/aromatic N) is 1. The van der Waals surface area contributed by atoms with E-state index in [9.17, 15) is 5.11 Å². The van der Waals surface area contributed by atoms with E-state index in [0.29, 0.717) is 0 Å². The number of aliphatic hydroxyl groups is 1. The lowest BCUT2D eigenvalue weighted by Crippen LogP contribution is -2.38. The van der Waals surface area contributed by atoms with Gasteiger partial charge in [0.2, 0.25) is 0 Å². The van der Waals surface area contributed by atoms with Crippen LogP contribution in [0.3, 0.4) is 0 Å². The summed E-state index contributed by atoms with van der Waals surface area (Å²) in [5.74, 6) is 1.23. The normalized spacial score (nSPS) is 17.5. The summed E-state index contributed by atoms with van der Waals surface area (Å²) in [5.41, 5.74) is 2.17. The number of hydrogen-bond acceptors (Lipinski definition) is 3. The van der Waals surface area contributed by atoms with Crippen LogP contribution in [0.1, 0.15) is 18.6 Å². The van der Waals surface area contributed by atoms with Crippen molar-refractivity contribution in [2.24, 2.45) is 0 Å². The van der Waals surface area contributed by atoms with E-state index >= 15 is 0 Å². The second-order valence-electron chi connectivity index (χ2n) is 8.23. The van der Waals surface area contributed by atoms with Crippen molar-refractivity contribution in [2.45, 2.75) is 19.1 Å². The van der Waals surface area contributed by atoms with Gasteiger partial charge in [0.05, 0.1) is 6.10 Å². The highest BCUT2D eigenvalue weighted by Gasteiger charge is 2.42. The Balaban J connectivity index is 1.59. The van der Waals surface area contributed by atoms with E-state index in [4.69, 9.17) is 11.8 Å². The molecule has 4 rings (SSSR count). The monoisotopic (exact) mass is 458 g/mol. The zero-order valence-corrected chi connectivity index (χ0v) is 20.2. The van der Waals surface area contributed by atoms with Gasteiger partial charge in [-0.1, -0.05) is 103 Å². The zero-order chi connectivity index (χ0) is 22.6. The first-order valence-corrected chi connectivity index (χ1v) is 13.7. The van der Waals surface area contributed by atoms with Crippen LogP contribution in [0.2, 0.25) is 0 Å².